The van der Waals surface area contributed by atoms with Gasteiger partial charge in [-0.1, -0.05) is 91.0 Å². The van der Waals surface area contributed by atoms with E-state index >= 15 is 0 Å². The van der Waals surface area contributed by atoms with E-state index in [9.17, 15) is 5.11 Å². The van der Waals surface area contributed by atoms with Crippen molar-refractivity contribution in [3.05, 3.63) is 115 Å². The molecule has 3 N–H and O–H groups in total. The molecular weight excluding hydrogens is 488 g/mol. The van der Waals surface area contributed by atoms with E-state index in [4.69, 9.17) is 15.2 Å². The maximum Gasteiger partial charge on any atom is 0.146 e. The van der Waals surface area contributed by atoms with Gasteiger partial charge in [0.05, 0.1) is 43.5 Å². The first kappa shape index (κ1) is 25.2. The summed E-state index contributed by atoms with van der Waals surface area (Å²) in [6.45, 7) is 1.33. The number of anilines is 1. The number of aliphatic hydroxyl groups is 1. The van der Waals surface area contributed by atoms with Gasteiger partial charge in [-0.25, -0.2) is 9.97 Å². The highest BCUT2D eigenvalue weighted by Crippen LogP contribution is 2.42. The molecule has 4 unspecified atom stereocenters. The molecule has 2 heterocycles. The molecule has 0 amide bonds. The summed E-state index contributed by atoms with van der Waals surface area (Å²) in [5.41, 5.74) is 11.2. The summed E-state index contributed by atoms with van der Waals surface area (Å²) in [4.78, 5) is 8.86. The van der Waals surface area contributed by atoms with Gasteiger partial charge in [-0.3, -0.25) is 0 Å². The molecule has 1 aliphatic rings. The average Bonchev–Trinajstić information content (AvgIpc) is 3.52. The van der Waals surface area contributed by atoms with Gasteiger partial charge < -0.3 is 24.9 Å². The first-order valence-electron chi connectivity index (χ1n) is 13.3. The minimum absolute atomic E-state index is 0.196. The number of ether oxygens (including phenoxy) is 2. The summed E-state index contributed by atoms with van der Waals surface area (Å²) >= 11 is 0. The Labute approximate surface area is 227 Å². The fourth-order valence-corrected chi connectivity index (χ4v) is 5.60. The van der Waals surface area contributed by atoms with E-state index < -0.39 is 6.10 Å². The monoisotopic (exact) mass is 520 g/mol. The summed E-state index contributed by atoms with van der Waals surface area (Å²) in [5.74, 6) is 0.212. The van der Waals surface area contributed by atoms with E-state index in [0.717, 1.165) is 27.6 Å². The number of nitrogens with two attached hydrogens (primary N) is 1. The lowest BCUT2D eigenvalue weighted by molar-refractivity contribution is -0.0475. The van der Waals surface area contributed by atoms with E-state index in [-0.39, 0.29) is 18.1 Å². The Bertz CT molecular complexity index is 1510. The molecule has 0 saturated heterocycles. The minimum atomic E-state index is -0.697. The van der Waals surface area contributed by atoms with E-state index in [1.54, 1.807) is 0 Å². The van der Waals surface area contributed by atoms with Gasteiger partial charge >= 0.3 is 0 Å². The maximum atomic E-state index is 11.7. The van der Waals surface area contributed by atoms with Gasteiger partial charge in [-0.05, 0) is 23.1 Å². The Kier molecular flexibility index (Phi) is 7.36. The maximum absolute atomic E-state index is 11.7. The Balaban J connectivity index is 1.30. The Morgan fingerprint density at radius 3 is 2.18 bits per heavy atom. The van der Waals surface area contributed by atoms with Gasteiger partial charge in [0.1, 0.15) is 17.8 Å². The molecule has 5 aromatic rings. The lowest BCUT2D eigenvalue weighted by Gasteiger charge is -2.23. The molecule has 1 saturated carbocycles. The van der Waals surface area contributed by atoms with Crippen molar-refractivity contribution >= 4 is 16.9 Å². The fourth-order valence-electron chi connectivity index (χ4n) is 5.60. The van der Waals surface area contributed by atoms with Crippen molar-refractivity contribution in [2.24, 2.45) is 5.92 Å². The number of aliphatic hydroxyl groups excluding tert-OH is 1. The molecule has 4 atom stereocenters. The molecule has 2 aromatic heterocycles. The van der Waals surface area contributed by atoms with Crippen molar-refractivity contribution in [3.8, 4) is 11.1 Å². The van der Waals surface area contributed by atoms with E-state index in [0.29, 0.717) is 37.7 Å². The summed E-state index contributed by atoms with van der Waals surface area (Å²) in [6.07, 6.45) is 3.25. The number of rotatable bonds is 9. The van der Waals surface area contributed by atoms with Gasteiger partial charge in [0.25, 0.3) is 0 Å². The van der Waals surface area contributed by atoms with Crippen LogP contribution in [0.5, 0.6) is 0 Å². The number of hydrogen-bond acceptors (Lipinski definition) is 6. The Morgan fingerprint density at radius 1 is 0.846 bits per heavy atom. The molecule has 1 fully saturated rings. The second-order valence-corrected chi connectivity index (χ2v) is 10.1. The van der Waals surface area contributed by atoms with Crippen molar-refractivity contribution < 1.29 is 14.6 Å². The molecule has 0 radical (unpaired) electrons. The van der Waals surface area contributed by atoms with Gasteiger partial charge in [0, 0.05) is 17.7 Å². The van der Waals surface area contributed by atoms with Crippen LogP contribution in [-0.2, 0) is 22.7 Å². The molecule has 7 heteroatoms. The summed E-state index contributed by atoms with van der Waals surface area (Å²) in [5, 5.41) is 12.5. The smallest absolute Gasteiger partial charge is 0.146 e. The SMILES string of the molecule is Nc1ncnc2c1c(-c1ccccc1)cn2C1CC(OCc2ccccc2)C(COCc2ccccc2)C1O. The standard InChI is InChI=1S/C32H32N4O3/c33-31-29-25(24-14-8-3-9-15-24)17-36(32(29)35-21-34-31)27-16-28(39-19-23-12-6-2-7-13-23)26(30(27)37)20-38-18-22-10-4-1-5-11-22/h1-15,17,21,26-28,30,37H,16,18-20H2,(H2,33,34,35). The molecular formula is C32H32N4O3. The summed E-state index contributed by atoms with van der Waals surface area (Å²) < 4.78 is 14.6. The van der Waals surface area contributed by atoms with Gasteiger partial charge in [-0.2, -0.15) is 0 Å². The van der Waals surface area contributed by atoms with Crippen LogP contribution in [0.1, 0.15) is 23.6 Å². The van der Waals surface area contributed by atoms with Crippen LogP contribution in [0.4, 0.5) is 5.82 Å². The van der Waals surface area contributed by atoms with Gasteiger partial charge in [0.15, 0.2) is 0 Å². The normalized spacial score (nSPS) is 20.9. The van der Waals surface area contributed by atoms with Crippen LogP contribution in [0.2, 0.25) is 0 Å². The van der Waals surface area contributed by atoms with Crippen LogP contribution < -0.4 is 5.73 Å². The molecule has 7 nitrogen and oxygen atoms in total. The quantitative estimate of drug-likeness (QED) is 0.270. The Morgan fingerprint density at radius 2 is 1.49 bits per heavy atom. The highest BCUT2D eigenvalue weighted by Gasteiger charge is 2.45. The molecule has 0 bridgehead atoms. The number of aromatic nitrogens is 3. The second-order valence-electron chi connectivity index (χ2n) is 10.1. The summed E-state index contributed by atoms with van der Waals surface area (Å²) in [7, 11) is 0. The largest absolute Gasteiger partial charge is 0.390 e. The zero-order chi connectivity index (χ0) is 26.6. The van der Waals surface area contributed by atoms with Gasteiger partial charge in [0.2, 0.25) is 0 Å². The van der Waals surface area contributed by atoms with Crippen LogP contribution in [0, 0.1) is 5.92 Å². The van der Waals surface area contributed by atoms with E-state index in [2.05, 4.69) is 26.7 Å². The number of nitrogens with zero attached hydrogens (tertiary/aromatic N) is 3. The van der Waals surface area contributed by atoms with Crippen LogP contribution in [-0.4, -0.2) is 38.5 Å². The van der Waals surface area contributed by atoms with Crippen molar-refractivity contribution in [2.75, 3.05) is 12.3 Å². The molecule has 0 aliphatic heterocycles. The third kappa shape index (κ3) is 5.29. The molecule has 39 heavy (non-hydrogen) atoms. The zero-order valence-corrected chi connectivity index (χ0v) is 21.6. The average molecular weight is 521 g/mol. The minimum Gasteiger partial charge on any atom is -0.390 e. The molecule has 0 spiro atoms. The highest BCUT2D eigenvalue weighted by atomic mass is 16.5. The number of benzene rings is 3. The predicted octanol–water partition coefficient (Wildman–Crippen LogP) is 5.40. The molecule has 6 rings (SSSR count). The lowest BCUT2D eigenvalue weighted by atomic mass is 10.0. The third-order valence-corrected chi connectivity index (χ3v) is 7.59. The molecule has 3 aromatic carbocycles. The van der Waals surface area contributed by atoms with E-state index in [1.807, 2.05) is 85.1 Å². The zero-order valence-electron chi connectivity index (χ0n) is 21.6. The molecule has 1 aliphatic carbocycles. The van der Waals surface area contributed by atoms with Crippen LogP contribution in [0.3, 0.4) is 0 Å². The Hall–Kier alpha value is -4.04. The van der Waals surface area contributed by atoms with E-state index in [1.165, 1.54) is 6.33 Å². The predicted molar refractivity (Wildman–Crippen MR) is 152 cm³/mol. The number of hydrogen-bond donors (Lipinski definition) is 2. The van der Waals surface area contributed by atoms with Crippen LogP contribution >= 0.6 is 0 Å². The second kappa shape index (κ2) is 11.4. The van der Waals surface area contributed by atoms with Crippen molar-refractivity contribution in [1.82, 2.24) is 14.5 Å². The first-order chi connectivity index (χ1) is 19.2. The summed E-state index contributed by atoms with van der Waals surface area (Å²) in [6, 6.07) is 30.0. The fraction of sp³-hybridized carbons (Fsp3) is 0.250. The van der Waals surface area contributed by atoms with Crippen molar-refractivity contribution in [3.63, 3.8) is 0 Å². The van der Waals surface area contributed by atoms with Gasteiger partial charge in [-0.15, -0.1) is 0 Å². The molecule has 198 valence electrons. The first-order valence-corrected chi connectivity index (χ1v) is 13.3. The number of fused-ring (bicyclic) bond motifs is 1. The van der Waals surface area contributed by atoms with Crippen LogP contribution in [0.15, 0.2) is 104 Å². The lowest BCUT2D eigenvalue weighted by Crippen LogP contribution is -2.31. The number of nitrogen functional groups attached to an aromatic ring is 1. The highest BCUT2D eigenvalue weighted by molar-refractivity contribution is 6.00. The van der Waals surface area contributed by atoms with Crippen molar-refractivity contribution in [2.45, 2.75) is 37.9 Å². The van der Waals surface area contributed by atoms with Crippen molar-refractivity contribution in [1.29, 1.82) is 0 Å². The van der Waals surface area contributed by atoms with Crippen LogP contribution in [0.25, 0.3) is 22.2 Å². The third-order valence-electron chi connectivity index (χ3n) is 7.59. The topological polar surface area (TPSA) is 95.4 Å².